The van der Waals surface area contributed by atoms with Crippen molar-refractivity contribution in [2.45, 2.75) is 45.7 Å². The smallest absolute Gasteiger partial charge is 0.222 e. The quantitative estimate of drug-likeness (QED) is 0.727. The molecule has 4 nitrogen and oxygen atoms in total. The van der Waals surface area contributed by atoms with Crippen molar-refractivity contribution in [2.24, 2.45) is 0 Å². The Morgan fingerprint density at radius 1 is 1.41 bits per heavy atom. The van der Waals surface area contributed by atoms with Gasteiger partial charge in [0.25, 0.3) is 0 Å². The van der Waals surface area contributed by atoms with Gasteiger partial charge >= 0.3 is 0 Å². The zero-order chi connectivity index (χ0) is 12.8. The summed E-state index contributed by atoms with van der Waals surface area (Å²) < 4.78 is 0. The molecule has 1 amide bonds. The standard InChI is InChI=1S/C13H27N3O/c1-11(2)14-7-5-6-13(17)16-9-8-15(4)10-12(16)3/h11-12,14H,5-10H2,1-4H3. The van der Waals surface area contributed by atoms with Crippen LogP contribution in [0.5, 0.6) is 0 Å². The van der Waals surface area contributed by atoms with Gasteiger partial charge in [-0.15, -0.1) is 0 Å². The minimum Gasteiger partial charge on any atom is -0.337 e. The van der Waals surface area contributed by atoms with Gasteiger partial charge in [-0.3, -0.25) is 4.79 Å². The molecule has 4 heteroatoms. The lowest BCUT2D eigenvalue weighted by atomic mass is 10.1. The van der Waals surface area contributed by atoms with Crippen LogP contribution in [0.4, 0.5) is 0 Å². The first kappa shape index (κ1) is 14.5. The Labute approximate surface area is 105 Å². The number of carbonyl (C=O) groups is 1. The van der Waals surface area contributed by atoms with Crippen molar-refractivity contribution in [3.8, 4) is 0 Å². The molecule has 1 fully saturated rings. The van der Waals surface area contributed by atoms with E-state index in [-0.39, 0.29) is 0 Å². The van der Waals surface area contributed by atoms with E-state index in [1.165, 1.54) is 0 Å². The Morgan fingerprint density at radius 3 is 2.71 bits per heavy atom. The molecule has 1 N–H and O–H groups in total. The Hall–Kier alpha value is -0.610. The van der Waals surface area contributed by atoms with Crippen LogP contribution in [0.25, 0.3) is 0 Å². The van der Waals surface area contributed by atoms with Crippen LogP contribution in [-0.2, 0) is 4.79 Å². The molecule has 0 bridgehead atoms. The first-order chi connectivity index (χ1) is 8.00. The number of amides is 1. The molecule has 0 aromatic rings. The molecule has 1 aliphatic heterocycles. The lowest BCUT2D eigenvalue weighted by Gasteiger charge is -2.38. The van der Waals surface area contributed by atoms with Gasteiger partial charge in [0, 0.05) is 38.1 Å². The first-order valence-electron chi connectivity index (χ1n) is 6.72. The third-order valence-electron chi connectivity index (χ3n) is 3.27. The number of nitrogens with one attached hydrogen (secondary N) is 1. The van der Waals surface area contributed by atoms with Gasteiger partial charge in [-0.05, 0) is 26.9 Å². The van der Waals surface area contributed by atoms with Crippen LogP contribution in [0.2, 0.25) is 0 Å². The van der Waals surface area contributed by atoms with Gasteiger partial charge in [0.15, 0.2) is 0 Å². The van der Waals surface area contributed by atoms with Crippen molar-refractivity contribution in [1.29, 1.82) is 0 Å². The second-order valence-electron chi connectivity index (χ2n) is 5.41. The second kappa shape index (κ2) is 6.97. The highest BCUT2D eigenvalue weighted by Crippen LogP contribution is 2.10. The van der Waals surface area contributed by atoms with E-state index in [1.54, 1.807) is 0 Å². The molecular weight excluding hydrogens is 214 g/mol. The van der Waals surface area contributed by atoms with Crippen molar-refractivity contribution in [3.05, 3.63) is 0 Å². The maximum absolute atomic E-state index is 12.0. The largest absolute Gasteiger partial charge is 0.337 e. The molecule has 1 rings (SSSR count). The van der Waals surface area contributed by atoms with Crippen molar-refractivity contribution in [3.63, 3.8) is 0 Å². The van der Waals surface area contributed by atoms with E-state index < -0.39 is 0 Å². The molecular formula is C13H27N3O. The first-order valence-corrected chi connectivity index (χ1v) is 6.72. The van der Waals surface area contributed by atoms with Crippen molar-refractivity contribution in [1.82, 2.24) is 15.1 Å². The average Bonchev–Trinajstić information content (AvgIpc) is 2.23. The topological polar surface area (TPSA) is 35.6 Å². The predicted octanol–water partition coefficient (Wildman–Crippen LogP) is 0.927. The molecule has 1 unspecified atom stereocenters. The summed E-state index contributed by atoms with van der Waals surface area (Å²) in [5.74, 6) is 0.316. The lowest BCUT2D eigenvalue weighted by molar-refractivity contribution is -0.135. The summed E-state index contributed by atoms with van der Waals surface area (Å²) in [5.41, 5.74) is 0. The number of likely N-dealkylation sites (N-methyl/N-ethyl adjacent to an activating group) is 1. The molecule has 1 saturated heterocycles. The predicted molar refractivity (Wildman–Crippen MR) is 71.0 cm³/mol. The van der Waals surface area contributed by atoms with Crippen LogP contribution in [0.1, 0.15) is 33.6 Å². The van der Waals surface area contributed by atoms with Gasteiger partial charge in [0.05, 0.1) is 0 Å². The fourth-order valence-corrected chi connectivity index (χ4v) is 2.28. The fourth-order valence-electron chi connectivity index (χ4n) is 2.28. The summed E-state index contributed by atoms with van der Waals surface area (Å²) in [6, 6.07) is 0.868. The summed E-state index contributed by atoms with van der Waals surface area (Å²) >= 11 is 0. The normalized spacial score (nSPS) is 22.2. The summed E-state index contributed by atoms with van der Waals surface area (Å²) in [4.78, 5) is 16.4. The molecule has 1 atom stereocenters. The van der Waals surface area contributed by atoms with E-state index in [9.17, 15) is 4.79 Å². The highest BCUT2D eigenvalue weighted by atomic mass is 16.2. The SMILES string of the molecule is CC(C)NCCCC(=O)N1CCN(C)CC1C. The maximum Gasteiger partial charge on any atom is 0.222 e. The van der Waals surface area contributed by atoms with Crippen LogP contribution < -0.4 is 5.32 Å². The third kappa shape index (κ3) is 5.04. The average molecular weight is 241 g/mol. The van der Waals surface area contributed by atoms with Crippen LogP contribution in [0, 0.1) is 0 Å². The Kier molecular flexibility index (Phi) is 5.92. The highest BCUT2D eigenvalue weighted by Gasteiger charge is 2.24. The number of carbonyl (C=O) groups excluding carboxylic acids is 1. The number of hydrogen-bond donors (Lipinski definition) is 1. The van der Waals surface area contributed by atoms with Crippen molar-refractivity contribution < 1.29 is 4.79 Å². The van der Waals surface area contributed by atoms with E-state index in [0.29, 0.717) is 24.4 Å². The minimum atomic E-state index is 0.316. The zero-order valence-electron chi connectivity index (χ0n) is 11.7. The van der Waals surface area contributed by atoms with Crippen LogP contribution in [0.15, 0.2) is 0 Å². The molecule has 0 aromatic heterocycles. The monoisotopic (exact) mass is 241 g/mol. The number of piperazine rings is 1. The Balaban J connectivity index is 2.23. The molecule has 0 aromatic carbocycles. The van der Waals surface area contributed by atoms with Crippen LogP contribution >= 0.6 is 0 Å². The van der Waals surface area contributed by atoms with Crippen molar-refractivity contribution >= 4 is 5.91 Å². The van der Waals surface area contributed by atoms with Gasteiger partial charge < -0.3 is 15.1 Å². The molecule has 0 radical (unpaired) electrons. The van der Waals surface area contributed by atoms with Gasteiger partial charge in [-0.25, -0.2) is 0 Å². The number of nitrogens with zero attached hydrogens (tertiary/aromatic N) is 2. The molecule has 17 heavy (non-hydrogen) atoms. The molecule has 1 aliphatic rings. The molecule has 1 heterocycles. The second-order valence-corrected chi connectivity index (χ2v) is 5.41. The zero-order valence-corrected chi connectivity index (χ0v) is 11.7. The van der Waals surface area contributed by atoms with E-state index in [4.69, 9.17) is 0 Å². The van der Waals surface area contributed by atoms with Crippen LogP contribution in [-0.4, -0.2) is 61.0 Å². The molecule has 100 valence electrons. The summed E-state index contributed by atoms with van der Waals surface area (Å²) in [5, 5.41) is 3.34. The van der Waals surface area contributed by atoms with Gasteiger partial charge in [0.1, 0.15) is 0 Å². The van der Waals surface area contributed by atoms with Gasteiger partial charge in [-0.1, -0.05) is 13.8 Å². The van der Waals surface area contributed by atoms with E-state index in [2.05, 4.69) is 38.0 Å². The summed E-state index contributed by atoms with van der Waals surface area (Å²) in [6.45, 7) is 10.2. The minimum absolute atomic E-state index is 0.316. The summed E-state index contributed by atoms with van der Waals surface area (Å²) in [7, 11) is 2.12. The van der Waals surface area contributed by atoms with E-state index in [1.807, 2.05) is 4.90 Å². The van der Waals surface area contributed by atoms with Crippen LogP contribution in [0.3, 0.4) is 0 Å². The fraction of sp³-hybridized carbons (Fsp3) is 0.923. The van der Waals surface area contributed by atoms with Gasteiger partial charge in [0.2, 0.25) is 5.91 Å². The van der Waals surface area contributed by atoms with Crippen molar-refractivity contribution in [2.75, 3.05) is 33.2 Å². The van der Waals surface area contributed by atoms with E-state index >= 15 is 0 Å². The number of rotatable bonds is 5. The molecule has 0 aliphatic carbocycles. The Bertz CT molecular complexity index is 243. The van der Waals surface area contributed by atoms with Gasteiger partial charge in [-0.2, -0.15) is 0 Å². The number of hydrogen-bond acceptors (Lipinski definition) is 3. The maximum atomic E-state index is 12.0. The molecule has 0 saturated carbocycles. The highest BCUT2D eigenvalue weighted by molar-refractivity contribution is 5.76. The molecule has 0 spiro atoms. The van der Waals surface area contributed by atoms with E-state index in [0.717, 1.165) is 32.6 Å². The summed E-state index contributed by atoms with van der Waals surface area (Å²) in [6.07, 6.45) is 1.61. The lowest BCUT2D eigenvalue weighted by Crippen LogP contribution is -2.52. The Morgan fingerprint density at radius 2 is 2.12 bits per heavy atom. The third-order valence-corrected chi connectivity index (χ3v) is 3.27.